The van der Waals surface area contributed by atoms with Gasteiger partial charge in [0.25, 0.3) is 0 Å². The molecule has 4 atom stereocenters. The number of rotatable bonds is 9. The molecule has 13 heteroatoms. The Morgan fingerprint density at radius 2 is 1.57 bits per heavy atom. The molecule has 0 fully saturated rings. The van der Waals surface area contributed by atoms with E-state index >= 15 is 0 Å². The van der Waals surface area contributed by atoms with Crippen molar-refractivity contribution in [1.29, 1.82) is 0 Å². The lowest BCUT2D eigenvalue weighted by atomic mass is 9.82. The minimum absolute atomic E-state index is 0.0795. The zero-order valence-corrected chi connectivity index (χ0v) is 31.7. The van der Waals surface area contributed by atoms with E-state index in [9.17, 15) is 23.1 Å². The lowest BCUT2D eigenvalue weighted by molar-refractivity contribution is -0.152. The maximum absolute atomic E-state index is 14.7. The van der Waals surface area contributed by atoms with E-state index in [1.165, 1.54) is 30.3 Å². The second kappa shape index (κ2) is 14.4. The molecule has 7 aromatic rings. The van der Waals surface area contributed by atoms with Gasteiger partial charge in [-0.1, -0.05) is 0 Å². The predicted octanol–water partition coefficient (Wildman–Crippen LogP) is 8.80. The van der Waals surface area contributed by atoms with Crippen molar-refractivity contribution in [2.45, 2.75) is 51.2 Å². The summed E-state index contributed by atoms with van der Waals surface area (Å²) in [4.78, 5) is 25.0. The number of hydrogen-bond acceptors (Lipinski definition) is 7. The Kier molecular flexibility index (Phi) is 9.01. The summed E-state index contributed by atoms with van der Waals surface area (Å²) in [5, 5.41) is 17.3. The van der Waals surface area contributed by atoms with Crippen molar-refractivity contribution < 1.29 is 32.5 Å². The van der Waals surface area contributed by atoms with Crippen molar-refractivity contribution in [3.05, 3.63) is 131 Å². The summed E-state index contributed by atoms with van der Waals surface area (Å²) in [5.74, 6) is -1.63. The molecule has 2 aliphatic carbocycles. The molecule has 296 valence electrons. The van der Waals surface area contributed by atoms with Gasteiger partial charge in [-0.15, -0.1) is 5.12 Å². The van der Waals surface area contributed by atoms with Gasteiger partial charge in [0.05, 0.1) is 29.7 Å². The summed E-state index contributed by atoms with van der Waals surface area (Å²) in [6.07, 6.45) is 2.45. The normalized spacial score (nSPS) is 20.2. The maximum atomic E-state index is 14.7. The first-order valence-corrected chi connectivity index (χ1v) is 19.7. The Hall–Kier alpha value is -6.05. The van der Waals surface area contributed by atoms with Crippen LogP contribution < -0.4 is 14.9 Å². The third-order valence-corrected chi connectivity index (χ3v) is 12.0. The second-order valence-corrected chi connectivity index (χ2v) is 15.8. The van der Waals surface area contributed by atoms with Gasteiger partial charge in [-0.3, -0.25) is 9.78 Å². The van der Waals surface area contributed by atoms with Crippen molar-refractivity contribution in [3.8, 4) is 11.5 Å². The van der Waals surface area contributed by atoms with Gasteiger partial charge < -0.3 is 30.0 Å². The van der Waals surface area contributed by atoms with Gasteiger partial charge in [-0.05, 0) is 141 Å². The van der Waals surface area contributed by atoms with Gasteiger partial charge in [0.2, 0.25) is 0 Å². The number of carboxylic acid groups (broad SMARTS) is 1. The fourth-order valence-corrected chi connectivity index (χ4v) is 9.33. The van der Waals surface area contributed by atoms with E-state index in [4.69, 9.17) is 14.5 Å². The quantitative estimate of drug-likeness (QED) is 0.107. The fourth-order valence-electron chi connectivity index (χ4n) is 9.33. The molecule has 1 aliphatic heterocycles. The minimum atomic E-state index is -0.973. The number of aryl methyl sites for hydroxylation is 3. The number of nitrogens with one attached hydrogen (secondary N) is 3. The second-order valence-electron chi connectivity index (χ2n) is 15.8. The van der Waals surface area contributed by atoms with E-state index < -0.39 is 29.9 Å². The highest BCUT2D eigenvalue weighted by Gasteiger charge is 2.44. The highest BCUT2D eigenvalue weighted by Crippen LogP contribution is 2.44. The van der Waals surface area contributed by atoms with Crippen LogP contribution in [0.5, 0.6) is 11.5 Å². The lowest BCUT2D eigenvalue weighted by Gasteiger charge is -2.46. The van der Waals surface area contributed by atoms with Crippen LogP contribution in [0.4, 0.5) is 18.9 Å². The summed E-state index contributed by atoms with van der Waals surface area (Å²) in [6, 6.07) is 22.2. The fraction of sp³-hybridized carbons (Fsp3) is 0.289. The van der Waals surface area contributed by atoms with Crippen molar-refractivity contribution in [2.75, 3.05) is 25.1 Å². The van der Waals surface area contributed by atoms with E-state index in [0.29, 0.717) is 59.6 Å². The summed E-state index contributed by atoms with van der Waals surface area (Å²) < 4.78 is 56.5. The van der Waals surface area contributed by atoms with Crippen LogP contribution in [0.15, 0.2) is 84.9 Å². The summed E-state index contributed by atoms with van der Waals surface area (Å²) in [5.41, 5.74) is 11.0. The van der Waals surface area contributed by atoms with Crippen LogP contribution >= 0.6 is 0 Å². The molecule has 0 saturated carbocycles. The number of aromatic nitrogens is 3. The molecule has 58 heavy (non-hydrogen) atoms. The zero-order valence-electron chi connectivity index (χ0n) is 31.7. The van der Waals surface area contributed by atoms with Crippen LogP contribution in [0.2, 0.25) is 0 Å². The number of pyridine rings is 1. The number of aromatic amines is 2. The van der Waals surface area contributed by atoms with Crippen LogP contribution in [0.25, 0.3) is 32.7 Å². The van der Waals surface area contributed by atoms with Gasteiger partial charge in [0.15, 0.2) is 11.5 Å². The molecule has 3 aliphatic rings. The molecule has 0 saturated heterocycles. The number of carboxylic acids is 1. The number of ether oxygens (including phenoxy) is 2. The molecule has 3 aromatic heterocycles. The number of anilines is 1. The van der Waals surface area contributed by atoms with Crippen molar-refractivity contribution >= 4 is 44.4 Å². The third-order valence-electron chi connectivity index (χ3n) is 12.0. The smallest absolute Gasteiger partial charge is 0.308 e. The minimum Gasteiger partial charge on any atom is -0.486 e. The van der Waals surface area contributed by atoms with Crippen molar-refractivity contribution in [3.63, 3.8) is 0 Å². The summed E-state index contributed by atoms with van der Waals surface area (Å²) >= 11 is 0. The molecule has 3 unspecified atom stereocenters. The molecule has 4 heterocycles. The number of carbonyl (C=O) groups is 1. The standard InChI is InChI=1S/C45H41F3N6O4/c1-24-2-10-33-37(49-24)16-17-41-44(33)58-30(23-57-41)22-53(21-25-3-11-31-35-19-27(47)6-14-38(35)50-40(31)18-25)54(52-29-8-4-26(46)5-9-29)43-34(45(55)56)13-12-32-36-20-28(48)7-15-39(36)51-42(32)43/h2,4-10,14-17,19-20,25,30,34,43,50-52H,3,11-13,18,21-23H2,1H3,(H,55,56)/t25?,30-,34?,43?/m0/s1. The first kappa shape index (κ1) is 36.3. The van der Waals surface area contributed by atoms with Crippen LogP contribution in [-0.4, -0.2) is 62.0 Å². The average Bonchev–Trinajstić information content (AvgIpc) is 3.77. The largest absolute Gasteiger partial charge is 0.486 e. The Balaban J connectivity index is 1.08. The number of nitrogens with zero attached hydrogens (tertiary/aromatic N) is 3. The van der Waals surface area contributed by atoms with Crippen LogP contribution in [0, 0.1) is 36.2 Å². The highest BCUT2D eigenvalue weighted by molar-refractivity contribution is 5.89. The Bertz CT molecular complexity index is 2720. The molecule has 0 spiro atoms. The monoisotopic (exact) mass is 786 g/mol. The molecule has 4 aromatic carbocycles. The van der Waals surface area contributed by atoms with Crippen molar-refractivity contribution in [2.24, 2.45) is 11.8 Å². The highest BCUT2D eigenvalue weighted by atomic mass is 19.1. The van der Waals surface area contributed by atoms with Gasteiger partial charge in [-0.25, -0.2) is 18.2 Å². The average molecular weight is 787 g/mol. The Morgan fingerprint density at radius 1 is 0.845 bits per heavy atom. The molecular weight excluding hydrogens is 746 g/mol. The number of benzene rings is 4. The topological polar surface area (TPSA) is 119 Å². The number of hydrazine groups is 2. The number of H-pyrrole nitrogens is 2. The van der Waals surface area contributed by atoms with Crippen LogP contribution in [0.3, 0.4) is 0 Å². The maximum Gasteiger partial charge on any atom is 0.308 e. The molecule has 4 N–H and O–H groups in total. The van der Waals surface area contributed by atoms with Crippen molar-refractivity contribution in [1.82, 2.24) is 25.1 Å². The third kappa shape index (κ3) is 6.57. The molecule has 0 radical (unpaired) electrons. The first-order valence-electron chi connectivity index (χ1n) is 19.7. The number of hydrogen-bond donors (Lipinski definition) is 4. The van der Waals surface area contributed by atoms with Gasteiger partial charge in [0.1, 0.15) is 30.2 Å². The van der Waals surface area contributed by atoms with Gasteiger partial charge in [-0.2, -0.15) is 0 Å². The Morgan fingerprint density at radius 3 is 2.34 bits per heavy atom. The van der Waals surface area contributed by atoms with Crippen LogP contribution in [-0.2, 0) is 24.1 Å². The summed E-state index contributed by atoms with van der Waals surface area (Å²) in [7, 11) is 0. The first-order chi connectivity index (χ1) is 28.1. The SMILES string of the molecule is Cc1ccc2c3c(ccc2n1)OC[C@H](CN(CC1CCc2c([nH]c4ccc(F)cc24)C1)N(Nc1ccc(F)cc1)C1c2[nH]c4ccc(F)cc4c2CCC1C(=O)O)O3. The van der Waals surface area contributed by atoms with E-state index in [1.807, 2.05) is 36.3 Å². The van der Waals surface area contributed by atoms with Crippen LogP contribution in [0.1, 0.15) is 47.1 Å². The predicted molar refractivity (Wildman–Crippen MR) is 214 cm³/mol. The molecular formula is C45H41F3N6O4. The molecule has 10 rings (SSSR count). The van der Waals surface area contributed by atoms with E-state index in [2.05, 4.69) is 20.4 Å². The molecule has 0 bridgehead atoms. The molecule has 0 amide bonds. The number of halogens is 3. The summed E-state index contributed by atoms with van der Waals surface area (Å²) in [6.45, 7) is 2.91. The van der Waals surface area contributed by atoms with E-state index in [0.717, 1.165) is 57.2 Å². The zero-order chi connectivity index (χ0) is 39.7. The molecule has 10 nitrogen and oxygen atoms in total. The number of aliphatic carboxylic acids is 1. The lowest BCUT2D eigenvalue weighted by Crippen LogP contribution is -2.57. The van der Waals surface area contributed by atoms with Gasteiger partial charge in [0, 0.05) is 50.8 Å². The Labute approximate surface area is 331 Å². The number of fused-ring (bicyclic) bond motifs is 9. The van der Waals surface area contributed by atoms with Gasteiger partial charge >= 0.3 is 5.97 Å². The van der Waals surface area contributed by atoms with E-state index in [1.54, 1.807) is 30.3 Å². The van der Waals surface area contributed by atoms with E-state index in [-0.39, 0.29) is 30.7 Å².